The number of carbonyl (C=O) groups is 1. The first-order chi connectivity index (χ1) is 21.5. The molecule has 4 nitrogen and oxygen atoms in total. The van der Waals surface area contributed by atoms with Gasteiger partial charge in [-0.2, -0.15) is 0 Å². The minimum absolute atomic E-state index is 0.213. The lowest BCUT2D eigenvalue weighted by Gasteiger charge is -2.20. The summed E-state index contributed by atoms with van der Waals surface area (Å²) in [5, 5.41) is 4.54. The van der Waals surface area contributed by atoms with Gasteiger partial charge in [-0.25, -0.2) is 4.39 Å². The van der Waals surface area contributed by atoms with Gasteiger partial charge in [0, 0.05) is 35.3 Å². The molecular weight excluding hydrogens is 569 g/mol. The Bertz CT molecular complexity index is 1330. The Labute approximate surface area is 270 Å². The van der Waals surface area contributed by atoms with Crippen molar-refractivity contribution in [2.45, 2.75) is 92.7 Å². The van der Waals surface area contributed by atoms with Gasteiger partial charge in [0.15, 0.2) is 0 Å². The summed E-state index contributed by atoms with van der Waals surface area (Å²) >= 11 is 5.69. The van der Waals surface area contributed by atoms with E-state index in [0.29, 0.717) is 30.0 Å². The van der Waals surface area contributed by atoms with Crippen LogP contribution < -0.4 is 5.32 Å². The van der Waals surface area contributed by atoms with Crippen LogP contribution in [-0.4, -0.2) is 35.5 Å². The van der Waals surface area contributed by atoms with Gasteiger partial charge in [-0.15, -0.1) is 0 Å². The van der Waals surface area contributed by atoms with Crippen LogP contribution in [0.4, 0.5) is 4.39 Å². The van der Waals surface area contributed by atoms with Crippen LogP contribution >= 0.6 is 11.6 Å². The summed E-state index contributed by atoms with van der Waals surface area (Å²) in [6.45, 7) is 16.0. The molecule has 1 N–H and O–H groups in total. The van der Waals surface area contributed by atoms with Crippen LogP contribution in [0, 0.1) is 12.7 Å². The summed E-state index contributed by atoms with van der Waals surface area (Å²) in [6.07, 6.45) is 11.7. The van der Waals surface area contributed by atoms with E-state index in [1.807, 2.05) is 51.1 Å². The molecule has 0 unspecified atom stereocenters. The largest absolute Gasteiger partial charge is 0.355 e. The lowest BCUT2D eigenvalue weighted by atomic mass is 10.1. The fourth-order valence-electron chi connectivity index (χ4n) is 5.53. The normalized spacial score (nSPS) is 12.9. The molecule has 3 aromatic carbocycles. The molecule has 1 aromatic heterocycles. The molecule has 44 heavy (non-hydrogen) atoms. The zero-order valence-corrected chi connectivity index (χ0v) is 28.3. The van der Waals surface area contributed by atoms with Crippen LogP contribution in [0.15, 0.2) is 72.9 Å². The minimum atomic E-state index is -0.213. The second-order valence-corrected chi connectivity index (χ2v) is 11.2. The van der Waals surface area contributed by atoms with E-state index in [9.17, 15) is 9.18 Å². The molecule has 0 aliphatic carbocycles. The first-order valence-electron chi connectivity index (χ1n) is 16.4. The topological polar surface area (TPSA) is 37.3 Å². The maximum Gasteiger partial charge on any atom is 0.207 e. The maximum atomic E-state index is 12.8. The number of rotatable bonds is 9. The van der Waals surface area contributed by atoms with Crippen LogP contribution in [0.1, 0.15) is 82.1 Å². The van der Waals surface area contributed by atoms with Crippen molar-refractivity contribution in [1.82, 2.24) is 14.8 Å². The van der Waals surface area contributed by atoms with Crippen molar-refractivity contribution in [3.63, 3.8) is 0 Å². The summed E-state index contributed by atoms with van der Waals surface area (Å²) in [6, 6.07) is 21.3. The van der Waals surface area contributed by atoms with Gasteiger partial charge in [-0.3, -0.25) is 4.79 Å². The van der Waals surface area contributed by atoms with Crippen molar-refractivity contribution in [2.24, 2.45) is 0 Å². The molecule has 0 radical (unpaired) electrons. The second kappa shape index (κ2) is 21.5. The van der Waals surface area contributed by atoms with Crippen molar-refractivity contribution in [3.05, 3.63) is 106 Å². The number of carbonyl (C=O) groups excluding carboxylic acids is 1. The minimum Gasteiger partial charge on any atom is -0.355 e. The Balaban J connectivity index is 0.000000255. The highest BCUT2D eigenvalue weighted by atomic mass is 35.5. The van der Waals surface area contributed by atoms with Crippen molar-refractivity contribution in [2.75, 3.05) is 19.6 Å². The summed E-state index contributed by atoms with van der Waals surface area (Å²) in [7, 11) is 0. The van der Waals surface area contributed by atoms with E-state index >= 15 is 0 Å². The molecule has 1 saturated heterocycles. The molecular formula is C38H53ClFN3O. The summed E-state index contributed by atoms with van der Waals surface area (Å²) in [5.74, 6) is -0.213. The number of aryl methyl sites for hydroxylation is 3. The molecule has 6 heteroatoms. The van der Waals surface area contributed by atoms with E-state index in [2.05, 4.69) is 53.0 Å². The zero-order chi connectivity index (χ0) is 32.2. The quantitative estimate of drug-likeness (QED) is 0.189. The van der Waals surface area contributed by atoms with E-state index in [1.165, 1.54) is 79.8 Å². The number of hydrogen-bond acceptors (Lipinski definition) is 2. The third-order valence-electron chi connectivity index (χ3n) is 7.78. The first kappa shape index (κ1) is 37.0. The molecule has 5 rings (SSSR count). The first-order valence-corrected chi connectivity index (χ1v) is 16.8. The van der Waals surface area contributed by atoms with Crippen molar-refractivity contribution >= 4 is 28.9 Å². The van der Waals surface area contributed by atoms with Gasteiger partial charge in [0.2, 0.25) is 6.41 Å². The highest BCUT2D eigenvalue weighted by Crippen LogP contribution is 2.25. The number of nitrogens with one attached hydrogen (secondary N) is 1. The van der Waals surface area contributed by atoms with Crippen LogP contribution in [0.25, 0.3) is 10.9 Å². The average molecular weight is 622 g/mol. The van der Waals surface area contributed by atoms with Gasteiger partial charge in [-0.1, -0.05) is 107 Å². The smallest absolute Gasteiger partial charge is 0.207 e. The fraction of sp³-hybridized carbons (Fsp3) is 0.447. The lowest BCUT2D eigenvalue weighted by molar-refractivity contribution is -0.109. The average Bonchev–Trinajstić information content (AvgIpc) is 3.20. The van der Waals surface area contributed by atoms with Crippen molar-refractivity contribution < 1.29 is 9.18 Å². The number of benzene rings is 3. The van der Waals surface area contributed by atoms with Crippen molar-refractivity contribution in [3.8, 4) is 0 Å². The number of likely N-dealkylation sites (tertiary alicyclic amines) is 1. The molecule has 0 atom stereocenters. The van der Waals surface area contributed by atoms with Crippen LogP contribution in [0.5, 0.6) is 0 Å². The predicted octanol–water partition coefficient (Wildman–Crippen LogP) is 9.78. The van der Waals surface area contributed by atoms with Crippen LogP contribution in [-0.2, 0) is 30.7 Å². The Morgan fingerprint density at radius 3 is 2.14 bits per heavy atom. The van der Waals surface area contributed by atoms with E-state index in [0.717, 1.165) is 18.5 Å². The third-order valence-corrected chi connectivity index (χ3v) is 8.14. The van der Waals surface area contributed by atoms with Gasteiger partial charge in [-0.05, 0) is 87.5 Å². The van der Waals surface area contributed by atoms with Gasteiger partial charge in [0.05, 0.1) is 5.52 Å². The molecule has 240 valence electrons. The van der Waals surface area contributed by atoms with E-state index in [1.54, 1.807) is 12.1 Å². The van der Waals surface area contributed by atoms with Gasteiger partial charge >= 0.3 is 0 Å². The van der Waals surface area contributed by atoms with Crippen LogP contribution in [0.3, 0.4) is 0 Å². The molecule has 1 fully saturated rings. The number of fused-ring (bicyclic) bond motifs is 1. The molecule has 1 amide bonds. The highest BCUT2D eigenvalue weighted by molar-refractivity contribution is 6.31. The number of amides is 1. The number of hydrogen-bond donors (Lipinski definition) is 1. The molecule has 4 aromatic rings. The monoisotopic (exact) mass is 621 g/mol. The molecule has 0 saturated carbocycles. The maximum absolute atomic E-state index is 12.8. The Kier molecular flexibility index (Phi) is 18.1. The van der Waals surface area contributed by atoms with Gasteiger partial charge in [0.25, 0.3) is 0 Å². The zero-order valence-electron chi connectivity index (χ0n) is 27.5. The van der Waals surface area contributed by atoms with E-state index in [-0.39, 0.29) is 5.82 Å². The summed E-state index contributed by atoms with van der Waals surface area (Å²) in [4.78, 5) is 12.5. The molecule has 0 spiro atoms. The summed E-state index contributed by atoms with van der Waals surface area (Å²) in [5.41, 5.74) is 6.09. The molecule has 1 aliphatic rings. The van der Waals surface area contributed by atoms with E-state index in [4.69, 9.17) is 11.6 Å². The molecule has 0 bridgehead atoms. The fourth-order valence-corrected chi connectivity index (χ4v) is 5.82. The number of para-hydroxylation sites is 1. The SMILES string of the molecule is CC.CCc1c(F)cccc1Cl.CCc1cccc2c(C)cn(CCCN3CCCCCC3)c12.O=CNCc1ccccc1. The molecule has 1 aliphatic heterocycles. The Hall–Kier alpha value is -3.15. The van der Waals surface area contributed by atoms with Crippen LogP contribution in [0.2, 0.25) is 5.02 Å². The Morgan fingerprint density at radius 1 is 0.864 bits per heavy atom. The molecule has 2 heterocycles. The Morgan fingerprint density at radius 2 is 1.55 bits per heavy atom. The number of aromatic nitrogens is 1. The highest BCUT2D eigenvalue weighted by Gasteiger charge is 2.11. The number of nitrogens with zero attached hydrogens (tertiary/aromatic N) is 2. The second-order valence-electron chi connectivity index (χ2n) is 10.8. The third kappa shape index (κ3) is 12.1. The standard InChI is InChI=1S/C20H30N2.C8H8ClF.C8H9NO.C2H6/c1-3-18-10-8-11-19-17(2)16-22(20(18)19)15-9-14-21-12-6-4-5-7-13-21;1-2-6-7(9)4-3-5-8(6)10;10-7-9-6-8-4-2-1-3-5-8;1-2/h8,10-11,16H,3-7,9,12-15H2,1-2H3;3-5H,2H2,1H3;1-5,7H,6H2,(H,9,10);1-2H3. The predicted molar refractivity (Wildman–Crippen MR) is 187 cm³/mol. The van der Waals surface area contributed by atoms with Crippen molar-refractivity contribution in [1.29, 1.82) is 0 Å². The van der Waals surface area contributed by atoms with Gasteiger partial charge < -0.3 is 14.8 Å². The number of halogens is 2. The lowest BCUT2D eigenvalue weighted by Crippen LogP contribution is -2.26. The van der Waals surface area contributed by atoms with Gasteiger partial charge in [0.1, 0.15) is 5.82 Å². The summed E-state index contributed by atoms with van der Waals surface area (Å²) < 4.78 is 15.3. The van der Waals surface area contributed by atoms with E-state index < -0.39 is 0 Å².